The van der Waals surface area contributed by atoms with Gasteiger partial charge in [-0.25, -0.2) is 0 Å². The maximum atomic E-state index is 9.78. The summed E-state index contributed by atoms with van der Waals surface area (Å²) in [6.45, 7) is 1.91. The number of aliphatic hydroxyl groups excluding tert-OH is 1. The summed E-state index contributed by atoms with van der Waals surface area (Å²) in [4.78, 5) is 0. The average Bonchev–Trinajstić information content (AvgIpc) is 2.42. The number of rotatable bonds is 4. The van der Waals surface area contributed by atoms with Crippen molar-refractivity contribution in [2.24, 2.45) is 0 Å². The summed E-state index contributed by atoms with van der Waals surface area (Å²) in [7, 11) is 0. The van der Waals surface area contributed by atoms with Crippen molar-refractivity contribution in [1.82, 2.24) is 0 Å². The molecule has 0 aliphatic carbocycles. The van der Waals surface area contributed by atoms with Crippen molar-refractivity contribution in [2.75, 3.05) is 5.32 Å². The number of phenols is 2. The van der Waals surface area contributed by atoms with Crippen molar-refractivity contribution in [1.29, 1.82) is 0 Å². The summed E-state index contributed by atoms with van der Waals surface area (Å²) >= 11 is 0. The van der Waals surface area contributed by atoms with Gasteiger partial charge >= 0.3 is 0 Å². The lowest BCUT2D eigenvalue weighted by atomic mass is 10.1. The maximum absolute atomic E-state index is 9.78. The van der Waals surface area contributed by atoms with Crippen LogP contribution in [0.25, 0.3) is 0 Å². The lowest BCUT2D eigenvalue weighted by Gasteiger charge is -2.17. The molecule has 4 heteroatoms. The molecule has 0 saturated carbocycles. The SMILES string of the molecule is CC(Nc1ccc(CO)cc1)c1cc(O)ccc1O. The Morgan fingerprint density at radius 2 is 1.74 bits per heavy atom. The van der Waals surface area contributed by atoms with Gasteiger partial charge in [0.05, 0.1) is 12.6 Å². The van der Waals surface area contributed by atoms with E-state index in [1.165, 1.54) is 18.2 Å². The second kappa shape index (κ2) is 5.63. The van der Waals surface area contributed by atoms with Gasteiger partial charge in [0.25, 0.3) is 0 Å². The number of nitrogens with one attached hydrogen (secondary N) is 1. The molecule has 0 aliphatic heterocycles. The Bertz CT molecular complexity index is 552. The normalized spacial score (nSPS) is 12.1. The van der Waals surface area contributed by atoms with E-state index in [1.54, 1.807) is 0 Å². The summed E-state index contributed by atoms with van der Waals surface area (Å²) in [6.07, 6.45) is 0. The topological polar surface area (TPSA) is 72.7 Å². The van der Waals surface area contributed by atoms with Crippen molar-refractivity contribution < 1.29 is 15.3 Å². The summed E-state index contributed by atoms with van der Waals surface area (Å²) < 4.78 is 0. The van der Waals surface area contributed by atoms with Crippen molar-refractivity contribution in [2.45, 2.75) is 19.6 Å². The molecule has 19 heavy (non-hydrogen) atoms. The summed E-state index contributed by atoms with van der Waals surface area (Å²) in [6, 6.07) is 11.7. The minimum atomic E-state index is -0.146. The Morgan fingerprint density at radius 3 is 2.37 bits per heavy atom. The van der Waals surface area contributed by atoms with Gasteiger partial charge in [0.15, 0.2) is 0 Å². The third-order valence-corrected chi connectivity index (χ3v) is 3.00. The molecule has 4 nitrogen and oxygen atoms in total. The predicted molar refractivity (Wildman–Crippen MR) is 74.2 cm³/mol. The highest BCUT2D eigenvalue weighted by Crippen LogP contribution is 2.30. The van der Waals surface area contributed by atoms with Crippen LogP contribution < -0.4 is 5.32 Å². The van der Waals surface area contributed by atoms with Gasteiger partial charge in [-0.15, -0.1) is 0 Å². The monoisotopic (exact) mass is 259 g/mol. The van der Waals surface area contributed by atoms with E-state index in [-0.39, 0.29) is 24.1 Å². The van der Waals surface area contributed by atoms with Crippen LogP contribution in [0.3, 0.4) is 0 Å². The highest BCUT2D eigenvalue weighted by molar-refractivity contribution is 5.49. The smallest absolute Gasteiger partial charge is 0.121 e. The van der Waals surface area contributed by atoms with E-state index in [2.05, 4.69) is 5.32 Å². The quantitative estimate of drug-likeness (QED) is 0.637. The molecule has 0 fully saturated rings. The minimum absolute atomic E-state index is 0.0170. The number of aromatic hydroxyl groups is 2. The molecule has 0 aliphatic rings. The van der Waals surface area contributed by atoms with E-state index in [1.807, 2.05) is 31.2 Å². The fraction of sp³-hybridized carbons (Fsp3) is 0.200. The van der Waals surface area contributed by atoms with Crippen LogP contribution in [0.4, 0.5) is 5.69 Å². The Hall–Kier alpha value is -2.20. The second-order valence-electron chi connectivity index (χ2n) is 4.46. The van der Waals surface area contributed by atoms with Gasteiger partial charge in [-0.05, 0) is 42.8 Å². The van der Waals surface area contributed by atoms with Gasteiger partial charge in [0.2, 0.25) is 0 Å². The van der Waals surface area contributed by atoms with Crippen molar-refractivity contribution in [3.8, 4) is 11.5 Å². The third kappa shape index (κ3) is 3.17. The maximum Gasteiger partial charge on any atom is 0.121 e. The zero-order valence-corrected chi connectivity index (χ0v) is 10.7. The van der Waals surface area contributed by atoms with Crippen LogP contribution in [0.2, 0.25) is 0 Å². The van der Waals surface area contributed by atoms with Crippen LogP contribution in [0.1, 0.15) is 24.1 Å². The van der Waals surface area contributed by atoms with Crippen LogP contribution in [-0.2, 0) is 6.61 Å². The van der Waals surface area contributed by atoms with E-state index in [0.29, 0.717) is 5.56 Å². The van der Waals surface area contributed by atoms with E-state index in [4.69, 9.17) is 5.11 Å². The largest absolute Gasteiger partial charge is 0.508 e. The fourth-order valence-electron chi connectivity index (χ4n) is 1.92. The highest BCUT2D eigenvalue weighted by atomic mass is 16.3. The molecule has 0 saturated heterocycles. The molecule has 1 atom stereocenters. The molecule has 2 rings (SSSR count). The van der Waals surface area contributed by atoms with Crippen molar-refractivity contribution >= 4 is 5.69 Å². The Labute approximate surface area is 112 Å². The molecule has 4 N–H and O–H groups in total. The summed E-state index contributed by atoms with van der Waals surface area (Å²) in [5.74, 6) is 0.266. The Morgan fingerprint density at radius 1 is 1.05 bits per heavy atom. The number of hydrogen-bond acceptors (Lipinski definition) is 4. The van der Waals surface area contributed by atoms with Crippen LogP contribution in [0.5, 0.6) is 11.5 Å². The molecule has 1 unspecified atom stereocenters. The molecule has 0 amide bonds. The van der Waals surface area contributed by atoms with Gasteiger partial charge in [0.1, 0.15) is 11.5 Å². The number of benzene rings is 2. The third-order valence-electron chi connectivity index (χ3n) is 3.00. The van der Waals surface area contributed by atoms with Gasteiger partial charge in [0, 0.05) is 11.3 Å². The average molecular weight is 259 g/mol. The van der Waals surface area contributed by atoms with Crippen molar-refractivity contribution in [3.05, 3.63) is 53.6 Å². The molecule has 0 spiro atoms. The zero-order chi connectivity index (χ0) is 13.8. The minimum Gasteiger partial charge on any atom is -0.508 e. The molecular formula is C15H17NO3. The van der Waals surface area contributed by atoms with Crippen molar-refractivity contribution in [3.63, 3.8) is 0 Å². The molecule has 0 heterocycles. The number of phenolic OH excluding ortho intramolecular Hbond substituents is 2. The van der Waals surface area contributed by atoms with Gasteiger partial charge in [-0.1, -0.05) is 12.1 Å². The first-order valence-corrected chi connectivity index (χ1v) is 6.08. The number of aliphatic hydroxyl groups is 1. The summed E-state index contributed by atoms with van der Waals surface area (Å²) in [5.41, 5.74) is 2.36. The zero-order valence-electron chi connectivity index (χ0n) is 10.7. The number of hydrogen-bond donors (Lipinski definition) is 4. The van der Waals surface area contributed by atoms with E-state index in [9.17, 15) is 10.2 Å². The van der Waals surface area contributed by atoms with E-state index >= 15 is 0 Å². The van der Waals surface area contributed by atoms with Crippen LogP contribution in [0.15, 0.2) is 42.5 Å². The second-order valence-corrected chi connectivity index (χ2v) is 4.46. The van der Waals surface area contributed by atoms with Gasteiger partial charge in [-0.2, -0.15) is 0 Å². The van der Waals surface area contributed by atoms with Crippen LogP contribution in [-0.4, -0.2) is 15.3 Å². The first-order valence-electron chi connectivity index (χ1n) is 6.08. The molecule has 0 bridgehead atoms. The molecule has 100 valence electrons. The summed E-state index contributed by atoms with van der Waals surface area (Å²) in [5, 5.41) is 31.4. The van der Waals surface area contributed by atoms with Gasteiger partial charge < -0.3 is 20.6 Å². The first kappa shape index (κ1) is 13.2. The lowest BCUT2D eigenvalue weighted by Crippen LogP contribution is -2.06. The molecular weight excluding hydrogens is 242 g/mol. The first-order chi connectivity index (χ1) is 9.10. The highest BCUT2D eigenvalue weighted by Gasteiger charge is 2.11. The molecule has 0 aromatic heterocycles. The van der Waals surface area contributed by atoms with Crippen LogP contribution >= 0.6 is 0 Å². The Kier molecular flexibility index (Phi) is 3.92. The molecule has 2 aromatic rings. The number of anilines is 1. The standard InChI is InChI=1S/C15H17NO3/c1-10(14-8-13(18)6-7-15(14)19)16-12-4-2-11(9-17)3-5-12/h2-8,10,16-19H,9H2,1H3. The van der Waals surface area contributed by atoms with Crippen LogP contribution in [0, 0.1) is 0 Å². The Balaban J connectivity index is 2.15. The molecule has 0 radical (unpaired) electrons. The lowest BCUT2D eigenvalue weighted by molar-refractivity contribution is 0.282. The predicted octanol–water partition coefficient (Wildman–Crippen LogP) is 2.76. The van der Waals surface area contributed by atoms with Gasteiger partial charge in [-0.3, -0.25) is 0 Å². The fourth-order valence-corrected chi connectivity index (χ4v) is 1.92. The van der Waals surface area contributed by atoms with E-state index < -0.39 is 0 Å². The molecule has 2 aromatic carbocycles. The van der Waals surface area contributed by atoms with E-state index in [0.717, 1.165) is 11.3 Å².